The van der Waals surface area contributed by atoms with Crippen LogP contribution in [0.5, 0.6) is 0 Å². The number of piperazine rings is 1. The van der Waals surface area contributed by atoms with E-state index in [1.807, 2.05) is 30.3 Å². The number of H-pyrrole nitrogens is 1. The van der Waals surface area contributed by atoms with E-state index in [1.54, 1.807) is 0 Å². The number of benzene rings is 2. The number of nitrogen functional groups attached to an aromatic ring is 1. The standard InChI is InChI=1S/C25H24FN5O/c26-18-12-21-20(22(28)13-18)14-23(29-25(21)32)16-5-6-19(11-16)30-7-9-31(10-8-30)24-4-2-1-3-17(24)15-27/h1-4,11-14,19H,5-10,28H2,(H,29,32). The summed E-state index contributed by atoms with van der Waals surface area (Å²) in [6.45, 7) is 3.56. The number of rotatable bonds is 3. The number of hydrogen-bond acceptors (Lipinski definition) is 5. The summed E-state index contributed by atoms with van der Waals surface area (Å²) < 4.78 is 13.6. The fourth-order valence-electron chi connectivity index (χ4n) is 4.88. The van der Waals surface area contributed by atoms with Gasteiger partial charge in [-0.15, -0.1) is 0 Å². The van der Waals surface area contributed by atoms with Crippen LogP contribution in [-0.2, 0) is 0 Å². The third kappa shape index (κ3) is 3.63. The van der Waals surface area contributed by atoms with Gasteiger partial charge in [-0.3, -0.25) is 9.69 Å². The van der Waals surface area contributed by atoms with Crippen LogP contribution in [0, 0.1) is 17.1 Å². The van der Waals surface area contributed by atoms with Crippen molar-refractivity contribution in [1.82, 2.24) is 9.88 Å². The van der Waals surface area contributed by atoms with Crippen molar-refractivity contribution in [1.29, 1.82) is 5.26 Å². The summed E-state index contributed by atoms with van der Waals surface area (Å²) in [5.74, 6) is -0.509. The molecular weight excluding hydrogens is 405 g/mol. The second-order valence-electron chi connectivity index (χ2n) is 8.42. The van der Waals surface area contributed by atoms with Crippen LogP contribution in [0.4, 0.5) is 15.8 Å². The molecule has 1 aliphatic heterocycles. The number of halogens is 1. The minimum absolute atomic E-state index is 0.273. The molecule has 1 atom stereocenters. The van der Waals surface area contributed by atoms with Crippen LogP contribution < -0.4 is 16.2 Å². The summed E-state index contributed by atoms with van der Waals surface area (Å²) in [6.07, 6.45) is 4.09. The number of fused-ring (bicyclic) bond motifs is 1. The van der Waals surface area contributed by atoms with E-state index in [2.05, 4.69) is 26.9 Å². The molecule has 1 aliphatic carbocycles. The first-order valence-electron chi connectivity index (χ1n) is 10.8. The molecule has 5 rings (SSSR count). The molecule has 7 heteroatoms. The minimum atomic E-state index is -0.509. The van der Waals surface area contributed by atoms with Crippen molar-refractivity contribution in [2.45, 2.75) is 18.9 Å². The van der Waals surface area contributed by atoms with E-state index in [-0.39, 0.29) is 16.6 Å². The highest BCUT2D eigenvalue weighted by Crippen LogP contribution is 2.32. The second-order valence-corrected chi connectivity index (χ2v) is 8.42. The molecule has 162 valence electrons. The Morgan fingerprint density at radius 2 is 1.88 bits per heavy atom. The molecule has 6 nitrogen and oxygen atoms in total. The van der Waals surface area contributed by atoms with Crippen molar-refractivity contribution >= 4 is 27.7 Å². The van der Waals surface area contributed by atoms with Crippen molar-refractivity contribution < 1.29 is 4.39 Å². The van der Waals surface area contributed by atoms with Gasteiger partial charge in [0.15, 0.2) is 0 Å². The van der Waals surface area contributed by atoms with Gasteiger partial charge in [-0.05, 0) is 48.7 Å². The number of anilines is 2. The Hall–Kier alpha value is -3.63. The summed E-state index contributed by atoms with van der Waals surface area (Å²) in [5.41, 5.74) is 9.49. The number of nitrogens with two attached hydrogens (primary N) is 1. The van der Waals surface area contributed by atoms with Crippen molar-refractivity contribution in [3.05, 3.63) is 76.0 Å². The van der Waals surface area contributed by atoms with E-state index in [0.29, 0.717) is 17.0 Å². The lowest BCUT2D eigenvalue weighted by molar-refractivity contribution is 0.214. The first-order chi connectivity index (χ1) is 15.5. The number of nitriles is 1. The van der Waals surface area contributed by atoms with Gasteiger partial charge in [0.2, 0.25) is 0 Å². The summed E-state index contributed by atoms with van der Waals surface area (Å²) in [6, 6.07) is 14.7. The maximum atomic E-state index is 13.6. The van der Waals surface area contributed by atoms with Crippen LogP contribution >= 0.6 is 0 Å². The fraction of sp³-hybridized carbons (Fsp3) is 0.280. The molecule has 0 bridgehead atoms. The summed E-state index contributed by atoms with van der Waals surface area (Å²) in [7, 11) is 0. The average molecular weight is 429 g/mol. The molecule has 0 radical (unpaired) electrons. The third-order valence-electron chi connectivity index (χ3n) is 6.56. The molecule has 1 aromatic heterocycles. The molecule has 0 saturated carbocycles. The lowest BCUT2D eigenvalue weighted by Crippen LogP contribution is -2.49. The van der Waals surface area contributed by atoms with Crippen LogP contribution in [-0.4, -0.2) is 42.1 Å². The van der Waals surface area contributed by atoms with Gasteiger partial charge in [0.1, 0.15) is 11.9 Å². The molecule has 3 N–H and O–H groups in total. The fourth-order valence-corrected chi connectivity index (χ4v) is 4.88. The zero-order valence-electron chi connectivity index (χ0n) is 17.6. The Morgan fingerprint density at radius 3 is 2.66 bits per heavy atom. The summed E-state index contributed by atoms with van der Waals surface area (Å²) >= 11 is 0. The number of hydrogen-bond donors (Lipinski definition) is 2. The first kappa shape index (κ1) is 20.3. The van der Waals surface area contributed by atoms with Crippen molar-refractivity contribution in [2.75, 3.05) is 36.8 Å². The summed E-state index contributed by atoms with van der Waals surface area (Å²) in [4.78, 5) is 20.2. The van der Waals surface area contributed by atoms with Crippen LogP contribution in [0.2, 0.25) is 0 Å². The number of aromatic amines is 1. The summed E-state index contributed by atoms with van der Waals surface area (Å²) in [5, 5.41) is 10.2. The number of allylic oxidation sites excluding steroid dienone is 1. The zero-order valence-corrected chi connectivity index (χ0v) is 17.6. The van der Waals surface area contributed by atoms with Gasteiger partial charge >= 0.3 is 0 Å². The van der Waals surface area contributed by atoms with Gasteiger partial charge in [-0.1, -0.05) is 18.2 Å². The highest BCUT2D eigenvalue weighted by molar-refractivity contribution is 5.94. The third-order valence-corrected chi connectivity index (χ3v) is 6.56. The number of nitrogens with zero attached hydrogens (tertiary/aromatic N) is 3. The lowest BCUT2D eigenvalue weighted by atomic mass is 10.1. The van der Waals surface area contributed by atoms with Crippen LogP contribution in [0.1, 0.15) is 24.1 Å². The Bertz CT molecular complexity index is 1310. The lowest BCUT2D eigenvalue weighted by Gasteiger charge is -2.38. The van der Waals surface area contributed by atoms with Gasteiger partial charge in [-0.2, -0.15) is 5.26 Å². The second kappa shape index (κ2) is 8.13. The highest BCUT2D eigenvalue weighted by Gasteiger charge is 2.27. The van der Waals surface area contributed by atoms with E-state index >= 15 is 0 Å². The van der Waals surface area contributed by atoms with Gasteiger partial charge in [-0.25, -0.2) is 4.39 Å². The molecule has 1 unspecified atom stereocenters. The normalized spacial score (nSPS) is 19.2. The molecule has 32 heavy (non-hydrogen) atoms. The predicted molar refractivity (Wildman–Crippen MR) is 125 cm³/mol. The number of para-hydroxylation sites is 1. The van der Waals surface area contributed by atoms with Gasteiger partial charge in [0.25, 0.3) is 5.56 Å². The molecule has 2 aromatic carbocycles. The van der Waals surface area contributed by atoms with Crippen molar-refractivity contribution in [2.24, 2.45) is 0 Å². The van der Waals surface area contributed by atoms with Crippen molar-refractivity contribution in [3.8, 4) is 6.07 Å². The topological polar surface area (TPSA) is 89.2 Å². The van der Waals surface area contributed by atoms with E-state index < -0.39 is 5.82 Å². The minimum Gasteiger partial charge on any atom is -0.398 e. The predicted octanol–water partition coefficient (Wildman–Crippen LogP) is 3.49. The van der Waals surface area contributed by atoms with E-state index in [4.69, 9.17) is 5.73 Å². The smallest absolute Gasteiger partial charge is 0.256 e. The maximum Gasteiger partial charge on any atom is 0.256 e. The maximum absolute atomic E-state index is 13.6. The van der Waals surface area contributed by atoms with Gasteiger partial charge in [0.05, 0.1) is 16.6 Å². The molecule has 1 saturated heterocycles. The largest absolute Gasteiger partial charge is 0.398 e. The molecule has 0 spiro atoms. The molecule has 2 heterocycles. The van der Waals surface area contributed by atoms with Gasteiger partial charge in [0, 0.05) is 49.0 Å². The molecular formula is C25H24FN5O. The van der Waals surface area contributed by atoms with E-state index in [0.717, 1.165) is 56.0 Å². The molecule has 0 amide bonds. The quantitative estimate of drug-likeness (QED) is 0.622. The Balaban J connectivity index is 1.33. The van der Waals surface area contributed by atoms with Crippen LogP contribution in [0.25, 0.3) is 16.3 Å². The number of aromatic nitrogens is 1. The Kier molecular flexibility index (Phi) is 5.16. The monoisotopic (exact) mass is 429 g/mol. The zero-order chi connectivity index (χ0) is 22.2. The van der Waals surface area contributed by atoms with Crippen LogP contribution in [0.3, 0.4) is 0 Å². The Labute approximate surface area is 185 Å². The number of pyridine rings is 1. The molecule has 3 aromatic rings. The van der Waals surface area contributed by atoms with Crippen LogP contribution in [0.15, 0.2) is 53.3 Å². The molecule has 2 aliphatic rings. The van der Waals surface area contributed by atoms with E-state index in [1.165, 1.54) is 12.1 Å². The van der Waals surface area contributed by atoms with E-state index in [9.17, 15) is 14.4 Å². The van der Waals surface area contributed by atoms with Gasteiger partial charge < -0.3 is 15.6 Å². The number of nitrogens with one attached hydrogen (secondary N) is 1. The van der Waals surface area contributed by atoms with Crippen molar-refractivity contribution in [3.63, 3.8) is 0 Å². The molecule has 1 fully saturated rings. The SMILES string of the molecule is N#Cc1ccccc1N1CCN(C2C=C(c3cc4c(N)cc(F)cc4c(=O)[nH]3)CC2)CC1. The first-order valence-corrected chi connectivity index (χ1v) is 10.8. The Morgan fingerprint density at radius 1 is 1.09 bits per heavy atom. The average Bonchev–Trinajstić information content (AvgIpc) is 3.30. The highest BCUT2D eigenvalue weighted by atomic mass is 19.1.